The van der Waals surface area contributed by atoms with E-state index in [-0.39, 0.29) is 12.0 Å². The maximum Gasteiger partial charge on any atom is 0.339 e. The van der Waals surface area contributed by atoms with Crippen LogP contribution in [0, 0.1) is 0 Å². The van der Waals surface area contributed by atoms with Crippen molar-refractivity contribution in [2.24, 2.45) is 7.05 Å². The SMILES string of the molecule is COC(=O)c1cccc2c(CNC(C)c3cnn(C)c3)c[nH]c12. The molecule has 1 atom stereocenters. The molecule has 0 amide bonds. The topological polar surface area (TPSA) is 71.9 Å². The minimum atomic E-state index is -0.333. The summed E-state index contributed by atoms with van der Waals surface area (Å²) in [4.78, 5) is 15.0. The fraction of sp³-hybridized carbons (Fsp3) is 0.294. The van der Waals surface area contributed by atoms with Gasteiger partial charge in [-0.2, -0.15) is 5.10 Å². The molecule has 2 N–H and O–H groups in total. The van der Waals surface area contributed by atoms with E-state index in [4.69, 9.17) is 4.74 Å². The van der Waals surface area contributed by atoms with Gasteiger partial charge in [0.2, 0.25) is 0 Å². The summed E-state index contributed by atoms with van der Waals surface area (Å²) in [6, 6.07) is 5.83. The van der Waals surface area contributed by atoms with E-state index < -0.39 is 0 Å². The maximum absolute atomic E-state index is 11.8. The number of nitrogens with zero attached hydrogens (tertiary/aromatic N) is 2. The van der Waals surface area contributed by atoms with Crippen molar-refractivity contribution in [3.05, 3.63) is 53.5 Å². The number of rotatable bonds is 5. The molecule has 1 aromatic carbocycles. The van der Waals surface area contributed by atoms with Gasteiger partial charge in [-0.1, -0.05) is 12.1 Å². The maximum atomic E-state index is 11.8. The van der Waals surface area contributed by atoms with E-state index in [2.05, 4.69) is 22.3 Å². The summed E-state index contributed by atoms with van der Waals surface area (Å²) in [5, 5.41) is 8.70. The number of hydrogen-bond acceptors (Lipinski definition) is 4. The molecule has 6 nitrogen and oxygen atoms in total. The van der Waals surface area contributed by atoms with Crippen LogP contribution in [0.15, 0.2) is 36.8 Å². The van der Waals surface area contributed by atoms with E-state index in [1.54, 1.807) is 10.7 Å². The Kier molecular flexibility index (Phi) is 4.16. The Morgan fingerprint density at radius 1 is 1.48 bits per heavy atom. The van der Waals surface area contributed by atoms with Crippen LogP contribution in [0.25, 0.3) is 10.9 Å². The average Bonchev–Trinajstić information content (AvgIpc) is 3.18. The summed E-state index contributed by atoms with van der Waals surface area (Å²) in [5.41, 5.74) is 3.62. The van der Waals surface area contributed by atoms with E-state index >= 15 is 0 Å². The number of para-hydroxylation sites is 1. The highest BCUT2D eigenvalue weighted by Gasteiger charge is 2.14. The number of benzene rings is 1. The molecule has 0 aliphatic carbocycles. The van der Waals surface area contributed by atoms with Gasteiger partial charge < -0.3 is 15.0 Å². The summed E-state index contributed by atoms with van der Waals surface area (Å²) >= 11 is 0. The number of aromatic amines is 1. The van der Waals surface area contributed by atoms with Crippen molar-refractivity contribution in [1.29, 1.82) is 0 Å². The lowest BCUT2D eigenvalue weighted by atomic mass is 10.1. The molecule has 0 fully saturated rings. The number of hydrogen-bond donors (Lipinski definition) is 2. The van der Waals surface area contributed by atoms with Gasteiger partial charge in [0.05, 0.1) is 24.4 Å². The van der Waals surface area contributed by atoms with Crippen LogP contribution in [0.3, 0.4) is 0 Å². The Morgan fingerprint density at radius 2 is 2.30 bits per heavy atom. The normalized spacial score (nSPS) is 12.5. The van der Waals surface area contributed by atoms with Gasteiger partial charge in [0, 0.05) is 43.0 Å². The van der Waals surface area contributed by atoms with Gasteiger partial charge in [-0.25, -0.2) is 4.79 Å². The number of esters is 1. The zero-order valence-corrected chi connectivity index (χ0v) is 13.5. The number of carbonyl (C=O) groups is 1. The molecule has 0 aliphatic heterocycles. The van der Waals surface area contributed by atoms with Gasteiger partial charge >= 0.3 is 5.97 Å². The molecule has 6 heteroatoms. The summed E-state index contributed by atoms with van der Waals surface area (Å²) in [5.74, 6) is -0.333. The molecule has 2 aromatic heterocycles. The molecule has 2 heterocycles. The van der Waals surface area contributed by atoms with Gasteiger partial charge in [0.15, 0.2) is 0 Å². The molecule has 0 radical (unpaired) electrons. The molecule has 120 valence electrons. The first-order valence-electron chi connectivity index (χ1n) is 7.49. The number of aryl methyl sites for hydroxylation is 1. The zero-order chi connectivity index (χ0) is 16.4. The Balaban J connectivity index is 1.80. The molecule has 0 saturated heterocycles. The number of carbonyl (C=O) groups excluding carboxylic acids is 1. The first kappa shape index (κ1) is 15.3. The Hall–Kier alpha value is -2.60. The van der Waals surface area contributed by atoms with Gasteiger partial charge in [-0.15, -0.1) is 0 Å². The van der Waals surface area contributed by atoms with E-state index in [0.717, 1.165) is 22.0 Å². The summed E-state index contributed by atoms with van der Waals surface area (Å²) < 4.78 is 6.62. The lowest BCUT2D eigenvalue weighted by molar-refractivity contribution is 0.0603. The number of ether oxygens (including phenoxy) is 1. The Bertz CT molecular complexity index is 834. The lowest BCUT2D eigenvalue weighted by Gasteiger charge is -2.11. The molecule has 0 bridgehead atoms. The Labute approximate surface area is 134 Å². The molecule has 3 aromatic rings. The quantitative estimate of drug-likeness (QED) is 0.710. The van der Waals surface area contributed by atoms with Crippen LogP contribution in [0.1, 0.15) is 34.5 Å². The van der Waals surface area contributed by atoms with Gasteiger partial charge in [0.25, 0.3) is 0 Å². The molecule has 0 spiro atoms. The fourth-order valence-corrected chi connectivity index (χ4v) is 2.68. The molecule has 1 unspecified atom stereocenters. The second-order valence-corrected chi connectivity index (χ2v) is 5.58. The monoisotopic (exact) mass is 312 g/mol. The van der Waals surface area contributed by atoms with Crippen LogP contribution >= 0.6 is 0 Å². The third kappa shape index (κ3) is 2.98. The Morgan fingerprint density at radius 3 is 3.00 bits per heavy atom. The number of methoxy groups -OCH3 is 1. The summed E-state index contributed by atoms with van der Waals surface area (Å²) in [6.07, 6.45) is 5.80. The van der Waals surface area contributed by atoms with Crippen LogP contribution in [-0.2, 0) is 18.3 Å². The zero-order valence-electron chi connectivity index (χ0n) is 13.5. The summed E-state index contributed by atoms with van der Waals surface area (Å²) in [6.45, 7) is 2.80. The standard InChI is InChI=1S/C17H20N4O2/c1-11(13-9-20-21(2)10-13)18-7-12-8-19-16-14(12)5-4-6-15(16)17(22)23-3/h4-6,8-11,18-19H,7H2,1-3H3. The largest absolute Gasteiger partial charge is 0.465 e. The molecule has 0 aliphatic rings. The number of nitrogens with one attached hydrogen (secondary N) is 2. The van der Waals surface area contributed by atoms with Crippen LogP contribution in [0.2, 0.25) is 0 Å². The number of aromatic nitrogens is 3. The predicted octanol–water partition coefficient (Wildman–Crippen LogP) is 2.54. The summed E-state index contributed by atoms with van der Waals surface area (Å²) in [7, 11) is 3.30. The van der Waals surface area contributed by atoms with Crippen molar-refractivity contribution in [3.8, 4) is 0 Å². The molecular formula is C17H20N4O2. The number of H-pyrrole nitrogens is 1. The van der Waals surface area contributed by atoms with Crippen LogP contribution in [0.5, 0.6) is 0 Å². The van der Waals surface area contributed by atoms with E-state index in [1.165, 1.54) is 7.11 Å². The highest BCUT2D eigenvalue weighted by molar-refractivity contribution is 6.03. The molecule has 23 heavy (non-hydrogen) atoms. The number of fused-ring (bicyclic) bond motifs is 1. The molecular weight excluding hydrogens is 292 g/mol. The first-order valence-corrected chi connectivity index (χ1v) is 7.49. The smallest absolute Gasteiger partial charge is 0.339 e. The predicted molar refractivity (Wildman–Crippen MR) is 88.1 cm³/mol. The van der Waals surface area contributed by atoms with Crippen LogP contribution in [0.4, 0.5) is 0 Å². The minimum absolute atomic E-state index is 0.192. The molecule has 3 rings (SSSR count). The fourth-order valence-electron chi connectivity index (χ4n) is 2.68. The van der Waals surface area contributed by atoms with Crippen molar-refractivity contribution in [1.82, 2.24) is 20.1 Å². The van der Waals surface area contributed by atoms with Crippen molar-refractivity contribution in [2.75, 3.05) is 7.11 Å². The van der Waals surface area contributed by atoms with Gasteiger partial charge in [-0.3, -0.25) is 4.68 Å². The van der Waals surface area contributed by atoms with E-state index in [9.17, 15) is 4.79 Å². The van der Waals surface area contributed by atoms with Crippen molar-refractivity contribution in [2.45, 2.75) is 19.5 Å². The van der Waals surface area contributed by atoms with Crippen LogP contribution < -0.4 is 5.32 Å². The van der Waals surface area contributed by atoms with E-state index in [1.807, 2.05) is 37.8 Å². The van der Waals surface area contributed by atoms with Gasteiger partial charge in [-0.05, 0) is 18.6 Å². The average molecular weight is 312 g/mol. The van der Waals surface area contributed by atoms with Crippen molar-refractivity contribution < 1.29 is 9.53 Å². The third-order valence-corrected chi connectivity index (χ3v) is 4.03. The van der Waals surface area contributed by atoms with Crippen molar-refractivity contribution >= 4 is 16.9 Å². The highest BCUT2D eigenvalue weighted by Crippen LogP contribution is 2.23. The van der Waals surface area contributed by atoms with Crippen LogP contribution in [-0.4, -0.2) is 27.8 Å². The third-order valence-electron chi connectivity index (χ3n) is 4.03. The lowest BCUT2D eigenvalue weighted by Crippen LogP contribution is -2.17. The highest BCUT2D eigenvalue weighted by atomic mass is 16.5. The minimum Gasteiger partial charge on any atom is -0.465 e. The second-order valence-electron chi connectivity index (χ2n) is 5.58. The van der Waals surface area contributed by atoms with E-state index in [0.29, 0.717) is 12.1 Å². The molecule has 0 saturated carbocycles. The second kappa shape index (κ2) is 6.26. The first-order chi connectivity index (χ1) is 11.1. The van der Waals surface area contributed by atoms with Gasteiger partial charge in [0.1, 0.15) is 0 Å². The van der Waals surface area contributed by atoms with Crippen molar-refractivity contribution in [3.63, 3.8) is 0 Å².